The SMILES string of the molecule is Fc1ccc(N=NCc2cc(Br)ccc2F)cc1. The monoisotopic (exact) mass is 310 g/mol. The maximum absolute atomic E-state index is 13.4. The van der Waals surface area contributed by atoms with E-state index in [0.717, 1.165) is 4.47 Å². The summed E-state index contributed by atoms with van der Waals surface area (Å²) >= 11 is 3.26. The second-order valence-corrected chi connectivity index (χ2v) is 4.53. The number of rotatable bonds is 3. The maximum Gasteiger partial charge on any atom is 0.128 e. The lowest BCUT2D eigenvalue weighted by Gasteiger charge is -1.99. The number of nitrogens with zero attached hydrogens (tertiary/aromatic N) is 2. The predicted octanol–water partition coefficient (Wildman–Crippen LogP) is 5.01. The molecule has 0 spiro atoms. The van der Waals surface area contributed by atoms with E-state index < -0.39 is 0 Å². The minimum absolute atomic E-state index is 0.142. The molecule has 0 heterocycles. The molecule has 0 aromatic heterocycles. The molecule has 0 saturated heterocycles. The van der Waals surface area contributed by atoms with Crippen molar-refractivity contribution in [1.29, 1.82) is 0 Å². The predicted molar refractivity (Wildman–Crippen MR) is 68.7 cm³/mol. The highest BCUT2D eigenvalue weighted by Crippen LogP contribution is 2.18. The van der Waals surface area contributed by atoms with Crippen LogP contribution in [0.4, 0.5) is 14.5 Å². The van der Waals surface area contributed by atoms with Crippen LogP contribution in [0.15, 0.2) is 57.2 Å². The van der Waals surface area contributed by atoms with Crippen molar-refractivity contribution in [1.82, 2.24) is 0 Å². The molecule has 0 bridgehead atoms. The van der Waals surface area contributed by atoms with Crippen LogP contribution in [0.25, 0.3) is 0 Å². The number of azo groups is 1. The zero-order valence-corrected chi connectivity index (χ0v) is 10.9. The standard InChI is InChI=1S/C13H9BrF2N2/c14-10-1-6-13(16)9(7-10)8-17-18-12-4-2-11(15)3-5-12/h1-7H,8H2. The van der Waals surface area contributed by atoms with Crippen molar-refractivity contribution in [2.24, 2.45) is 10.2 Å². The van der Waals surface area contributed by atoms with Gasteiger partial charge in [0.05, 0.1) is 12.2 Å². The maximum atomic E-state index is 13.4. The first-order chi connectivity index (χ1) is 8.65. The molecule has 18 heavy (non-hydrogen) atoms. The lowest BCUT2D eigenvalue weighted by atomic mass is 10.2. The van der Waals surface area contributed by atoms with E-state index in [1.54, 1.807) is 12.1 Å². The van der Waals surface area contributed by atoms with E-state index in [1.807, 2.05) is 0 Å². The Morgan fingerprint density at radius 3 is 2.44 bits per heavy atom. The van der Waals surface area contributed by atoms with Crippen molar-refractivity contribution in [2.45, 2.75) is 6.54 Å². The summed E-state index contributed by atoms with van der Waals surface area (Å²) in [6.07, 6.45) is 0. The fraction of sp³-hybridized carbons (Fsp3) is 0.0769. The van der Waals surface area contributed by atoms with Crippen molar-refractivity contribution in [3.8, 4) is 0 Å². The van der Waals surface area contributed by atoms with Gasteiger partial charge in [0.25, 0.3) is 0 Å². The molecule has 0 unspecified atom stereocenters. The quantitative estimate of drug-likeness (QED) is 0.712. The van der Waals surface area contributed by atoms with Crippen LogP contribution in [0.2, 0.25) is 0 Å². The van der Waals surface area contributed by atoms with E-state index >= 15 is 0 Å². The third-order valence-corrected chi connectivity index (χ3v) is 2.75. The molecule has 0 atom stereocenters. The highest BCUT2D eigenvalue weighted by Gasteiger charge is 2.01. The second-order valence-electron chi connectivity index (χ2n) is 3.61. The molecule has 0 saturated carbocycles. The van der Waals surface area contributed by atoms with Crippen LogP contribution in [0.5, 0.6) is 0 Å². The van der Waals surface area contributed by atoms with Gasteiger partial charge in [-0.2, -0.15) is 10.2 Å². The Balaban J connectivity index is 2.07. The highest BCUT2D eigenvalue weighted by atomic mass is 79.9. The Bertz CT molecular complexity index is 568. The summed E-state index contributed by atoms with van der Waals surface area (Å²) in [5, 5.41) is 7.77. The van der Waals surface area contributed by atoms with Gasteiger partial charge in [-0.1, -0.05) is 15.9 Å². The molecule has 2 aromatic rings. The number of hydrogen-bond donors (Lipinski definition) is 0. The first-order valence-corrected chi connectivity index (χ1v) is 6.01. The second kappa shape index (κ2) is 5.82. The van der Waals surface area contributed by atoms with Crippen molar-refractivity contribution < 1.29 is 8.78 Å². The van der Waals surface area contributed by atoms with E-state index in [0.29, 0.717) is 11.3 Å². The average molecular weight is 311 g/mol. The lowest BCUT2D eigenvalue weighted by Crippen LogP contribution is -1.87. The van der Waals surface area contributed by atoms with Crippen LogP contribution in [-0.2, 0) is 6.54 Å². The van der Waals surface area contributed by atoms with Crippen molar-refractivity contribution >= 4 is 21.6 Å². The summed E-state index contributed by atoms with van der Waals surface area (Å²) in [4.78, 5) is 0. The molecule has 2 aromatic carbocycles. The number of hydrogen-bond acceptors (Lipinski definition) is 2. The summed E-state index contributed by atoms with van der Waals surface area (Å²) in [5.41, 5.74) is 0.988. The smallest absolute Gasteiger partial charge is 0.128 e. The van der Waals surface area contributed by atoms with Gasteiger partial charge in [-0.05, 0) is 42.5 Å². The van der Waals surface area contributed by atoms with E-state index in [2.05, 4.69) is 26.2 Å². The minimum Gasteiger partial charge on any atom is -0.207 e. The minimum atomic E-state index is -0.327. The van der Waals surface area contributed by atoms with Gasteiger partial charge in [-0.3, -0.25) is 0 Å². The van der Waals surface area contributed by atoms with Gasteiger partial charge in [0.1, 0.15) is 11.6 Å². The molecule has 0 aliphatic rings. The van der Waals surface area contributed by atoms with E-state index in [-0.39, 0.29) is 18.2 Å². The molecular weight excluding hydrogens is 302 g/mol. The van der Waals surface area contributed by atoms with Gasteiger partial charge in [-0.15, -0.1) is 0 Å². The average Bonchev–Trinajstić information content (AvgIpc) is 2.36. The van der Waals surface area contributed by atoms with Crippen LogP contribution in [0.1, 0.15) is 5.56 Å². The Morgan fingerprint density at radius 1 is 1.00 bits per heavy atom. The first kappa shape index (κ1) is 12.8. The molecular formula is C13H9BrF2N2. The Hall–Kier alpha value is -1.62. The summed E-state index contributed by atoms with van der Waals surface area (Å²) in [6.45, 7) is 0.142. The molecule has 0 radical (unpaired) electrons. The molecule has 2 nitrogen and oxygen atoms in total. The fourth-order valence-electron chi connectivity index (χ4n) is 1.37. The molecule has 92 valence electrons. The summed E-state index contributed by atoms with van der Waals surface area (Å²) < 4.78 is 26.8. The molecule has 5 heteroatoms. The Labute approximate surface area is 111 Å². The third kappa shape index (κ3) is 3.43. The molecule has 0 amide bonds. The van der Waals surface area contributed by atoms with Crippen LogP contribution in [0, 0.1) is 11.6 Å². The largest absolute Gasteiger partial charge is 0.207 e. The van der Waals surface area contributed by atoms with Crippen LogP contribution < -0.4 is 0 Å². The number of halogens is 3. The van der Waals surface area contributed by atoms with Crippen molar-refractivity contribution in [3.05, 3.63) is 64.1 Å². The first-order valence-electron chi connectivity index (χ1n) is 5.22. The van der Waals surface area contributed by atoms with Crippen molar-refractivity contribution in [2.75, 3.05) is 0 Å². The molecule has 2 rings (SSSR count). The van der Waals surface area contributed by atoms with E-state index in [4.69, 9.17) is 0 Å². The third-order valence-electron chi connectivity index (χ3n) is 2.26. The Morgan fingerprint density at radius 2 is 1.72 bits per heavy atom. The van der Waals surface area contributed by atoms with Gasteiger partial charge in [0, 0.05) is 10.0 Å². The zero-order valence-electron chi connectivity index (χ0n) is 9.28. The van der Waals surface area contributed by atoms with Crippen molar-refractivity contribution in [3.63, 3.8) is 0 Å². The van der Waals surface area contributed by atoms with E-state index in [1.165, 1.54) is 30.3 Å². The molecule has 0 aliphatic carbocycles. The Kier molecular flexibility index (Phi) is 4.15. The summed E-state index contributed by atoms with van der Waals surface area (Å²) in [5.74, 6) is -0.650. The van der Waals surface area contributed by atoms with Gasteiger partial charge >= 0.3 is 0 Å². The summed E-state index contributed by atoms with van der Waals surface area (Å²) in [6, 6.07) is 10.3. The van der Waals surface area contributed by atoms with Gasteiger partial charge < -0.3 is 0 Å². The van der Waals surface area contributed by atoms with Gasteiger partial charge in [-0.25, -0.2) is 8.78 Å². The highest BCUT2D eigenvalue weighted by molar-refractivity contribution is 9.10. The normalized spacial score (nSPS) is 11.1. The molecule has 0 N–H and O–H groups in total. The lowest BCUT2D eigenvalue weighted by molar-refractivity contribution is 0.608. The fourth-order valence-corrected chi connectivity index (χ4v) is 1.77. The van der Waals surface area contributed by atoms with Gasteiger partial charge in [0.2, 0.25) is 0 Å². The zero-order chi connectivity index (χ0) is 13.0. The topological polar surface area (TPSA) is 24.7 Å². The number of benzene rings is 2. The van der Waals surface area contributed by atoms with Crippen LogP contribution >= 0.6 is 15.9 Å². The van der Waals surface area contributed by atoms with Crippen LogP contribution in [0.3, 0.4) is 0 Å². The van der Waals surface area contributed by atoms with Crippen LogP contribution in [-0.4, -0.2) is 0 Å². The molecule has 0 fully saturated rings. The summed E-state index contributed by atoms with van der Waals surface area (Å²) in [7, 11) is 0. The van der Waals surface area contributed by atoms with E-state index in [9.17, 15) is 8.78 Å². The van der Waals surface area contributed by atoms with Gasteiger partial charge in [0.15, 0.2) is 0 Å². The molecule has 0 aliphatic heterocycles.